The average Bonchev–Trinajstić information content (AvgIpc) is 2.76. The van der Waals surface area contributed by atoms with Crippen molar-refractivity contribution < 1.29 is 33.6 Å². The molecule has 0 spiro atoms. The molecule has 0 bridgehead atoms. The van der Waals surface area contributed by atoms with Crippen molar-refractivity contribution in [1.82, 2.24) is 5.32 Å². The summed E-state index contributed by atoms with van der Waals surface area (Å²) >= 11 is 16.9. The van der Waals surface area contributed by atoms with E-state index >= 15 is 0 Å². The van der Waals surface area contributed by atoms with Gasteiger partial charge in [0.15, 0.2) is 14.6 Å². The highest BCUT2D eigenvalue weighted by Crippen LogP contribution is 2.41. The summed E-state index contributed by atoms with van der Waals surface area (Å²) in [6.07, 6.45) is -2.54. The van der Waals surface area contributed by atoms with Gasteiger partial charge in [0.2, 0.25) is 3.79 Å². The highest BCUT2D eigenvalue weighted by Gasteiger charge is 2.43. The summed E-state index contributed by atoms with van der Waals surface area (Å²) in [5.74, 6) is 0. The van der Waals surface area contributed by atoms with Gasteiger partial charge in [-0.3, -0.25) is 0 Å². The van der Waals surface area contributed by atoms with Gasteiger partial charge in [-0.15, -0.1) is 0 Å². The van der Waals surface area contributed by atoms with E-state index in [0.717, 1.165) is 5.56 Å². The number of alkyl carbamates (subject to hydrolysis) is 1. The molecule has 0 aliphatic carbocycles. The second-order valence-corrected chi connectivity index (χ2v) is 16.9. The maximum Gasteiger partial charge on any atom is 0.407 e. The van der Waals surface area contributed by atoms with Gasteiger partial charge in [-0.2, -0.15) is 0 Å². The minimum absolute atomic E-state index is 0.244. The second-order valence-electron chi connectivity index (χ2n) is 9.90. The number of aliphatic hydroxyl groups excluding tert-OH is 1. The normalized spacial score (nSPS) is 23.4. The standard InChI is InChI=1S/C23H36Cl3NO7Si/c1-15-19(13-31-20(33-15)16-9-7-6-8-10-16)34-18(11-22(2,3)35(4,5)30)17(12-28)27-21(29)32-14-23(24,25)26/h6-10,15,17-20,28,30H,11-14H2,1-5H3,(H,27,29)/t15-,17-,18-,19?,20?/m0/s1. The maximum absolute atomic E-state index is 12.3. The van der Waals surface area contributed by atoms with E-state index in [2.05, 4.69) is 5.32 Å². The SMILES string of the molecule is C[C@@H]1OC(c2ccccc2)OCC1O[C@@H](CC(C)(C)[Si](C)(C)O)[C@H](CO)NC(=O)OCC(Cl)(Cl)Cl. The molecule has 0 aromatic heterocycles. The van der Waals surface area contributed by atoms with E-state index in [0.29, 0.717) is 6.42 Å². The van der Waals surface area contributed by atoms with E-state index in [-0.39, 0.29) is 12.7 Å². The highest BCUT2D eigenvalue weighted by molar-refractivity contribution is 6.72. The van der Waals surface area contributed by atoms with Gasteiger partial charge in [0, 0.05) is 5.56 Å². The Hall–Kier alpha value is -0.623. The highest BCUT2D eigenvalue weighted by atomic mass is 35.6. The molecule has 1 heterocycles. The molecular formula is C23H36Cl3NO7Si. The Bertz CT molecular complexity index is 805. The first-order valence-corrected chi connectivity index (χ1v) is 15.5. The first kappa shape index (κ1) is 30.6. The number of alkyl halides is 3. The van der Waals surface area contributed by atoms with Crippen molar-refractivity contribution in [2.24, 2.45) is 0 Å². The fraction of sp³-hybridized carbons (Fsp3) is 0.696. The minimum atomic E-state index is -2.64. The monoisotopic (exact) mass is 571 g/mol. The maximum atomic E-state index is 12.3. The Labute approximate surface area is 223 Å². The van der Waals surface area contributed by atoms with E-state index in [9.17, 15) is 14.7 Å². The van der Waals surface area contributed by atoms with E-state index < -0.39 is 61.0 Å². The smallest absolute Gasteiger partial charge is 0.407 e. The van der Waals surface area contributed by atoms with E-state index in [4.69, 9.17) is 53.8 Å². The first-order valence-electron chi connectivity index (χ1n) is 11.4. The van der Waals surface area contributed by atoms with Crippen LogP contribution in [0.2, 0.25) is 18.1 Å². The predicted octanol–water partition coefficient (Wildman–Crippen LogP) is 4.70. The molecule has 1 saturated heterocycles. The zero-order valence-electron chi connectivity index (χ0n) is 20.7. The van der Waals surface area contributed by atoms with Crippen LogP contribution in [-0.4, -0.2) is 72.3 Å². The van der Waals surface area contributed by atoms with Crippen LogP contribution in [0.4, 0.5) is 4.79 Å². The summed E-state index contributed by atoms with van der Waals surface area (Å²) in [6, 6.07) is 8.73. The summed E-state index contributed by atoms with van der Waals surface area (Å²) in [4.78, 5) is 23.2. The van der Waals surface area contributed by atoms with Crippen molar-refractivity contribution in [2.45, 2.75) is 79.8 Å². The number of amides is 1. The summed E-state index contributed by atoms with van der Waals surface area (Å²) < 4.78 is 21.5. The molecular weight excluding hydrogens is 537 g/mol. The molecule has 12 heteroatoms. The lowest BCUT2D eigenvalue weighted by Gasteiger charge is -2.42. The van der Waals surface area contributed by atoms with E-state index in [1.54, 1.807) is 0 Å². The molecule has 5 atom stereocenters. The van der Waals surface area contributed by atoms with Crippen molar-refractivity contribution >= 4 is 49.2 Å². The fourth-order valence-corrected chi connectivity index (χ4v) is 4.30. The largest absolute Gasteiger partial charge is 0.445 e. The zero-order valence-corrected chi connectivity index (χ0v) is 23.9. The summed E-state index contributed by atoms with van der Waals surface area (Å²) in [6.45, 7) is 8.77. The number of benzene rings is 1. The number of halogens is 3. The lowest BCUT2D eigenvalue weighted by atomic mass is 9.98. The molecule has 2 unspecified atom stereocenters. The van der Waals surface area contributed by atoms with Gasteiger partial charge in [-0.05, 0) is 31.5 Å². The lowest BCUT2D eigenvalue weighted by molar-refractivity contribution is -0.270. The third-order valence-corrected chi connectivity index (χ3v) is 10.2. The van der Waals surface area contributed by atoms with Gasteiger partial charge in [0.25, 0.3) is 0 Å². The number of hydrogen-bond acceptors (Lipinski definition) is 7. The molecule has 3 N–H and O–H groups in total. The average molecular weight is 573 g/mol. The second kappa shape index (κ2) is 12.8. The Morgan fingerprint density at radius 1 is 1.26 bits per heavy atom. The number of carbonyl (C=O) groups excluding carboxylic acids is 1. The van der Waals surface area contributed by atoms with Gasteiger partial charge >= 0.3 is 6.09 Å². The molecule has 35 heavy (non-hydrogen) atoms. The molecule has 1 aromatic rings. The van der Waals surface area contributed by atoms with Crippen LogP contribution in [0.1, 0.15) is 39.0 Å². The van der Waals surface area contributed by atoms with Crippen LogP contribution in [0, 0.1) is 0 Å². The van der Waals surface area contributed by atoms with Crippen LogP contribution in [0.5, 0.6) is 0 Å². The topological polar surface area (TPSA) is 106 Å². The Kier molecular flexibility index (Phi) is 11.2. The van der Waals surface area contributed by atoms with Crippen LogP contribution < -0.4 is 5.32 Å². The zero-order chi connectivity index (χ0) is 26.4. The third kappa shape index (κ3) is 9.64. The van der Waals surface area contributed by atoms with E-state index in [1.807, 2.05) is 64.2 Å². The lowest BCUT2D eigenvalue weighted by Crippen LogP contribution is -2.54. The van der Waals surface area contributed by atoms with Crippen LogP contribution in [-0.2, 0) is 18.9 Å². The molecule has 1 fully saturated rings. The van der Waals surface area contributed by atoms with Crippen LogP contribution in [0.25, 0.3) is 0 Å². The van der Waals surface area contributed by atoms with Crippen molar-refractivity contribution in [1.29, 1.82) is 0 Å². The van der Waals surface area contributed by atoms with Crippen molar-refractivity contribution in [3.05, 3.63) is 35.9 Å². The number of rotatable bonds is 10. The molecule has 1 aliphatic heterocycles. The molecule has 8 nitrogen and oxygen atoms in total. The van der Waals surface area contributed by atoms with Crippen molar-refractivity contribution in [2.75, 3.05) is 19.8 Å². The van der Waals surface area contributed by atoms with Gasteiger partial charge in [0.1, 0.15) is 12.7 Å². The minimum Gasteiger partial charge on any atom is -0.445 e. The predicted molar refractivity (Wildman–Crippen MR) is 138 cm³/mol. The number of carbonyl (C=O) groups is 1. The Morgan fingerprint density at radius 3 is 2.40 bits per heavy atom. The summed E-state index contributed by atoms with van der Waals surface area (Å²) in [7, 11) is -2.64. The van der Waals surface area contributed by atoms with Crippen LogP contribution >= 0.6 is 34.8 Å². The number of nitrogens with one attached hydrogen (secondary N) is 1. The Balaban J connectivity index is 2.15. The molecule has 1 aromatic carbocycles. The number of hydrogen-bond donors (Lipinski definition) is 3. The molecule has 200 valence electrons. The van der Waals surface area contributed by atoms with Crippen molar-refractivity contribution in [3.63, 3.8) is 0 Å². The van der Waals surface area contributed by atoms with Gasteiger partial charge < -0.3 is 34.2 Å². The fourth-order valence-electron chi connectivity index (χ4n) is 3.43. The molecule has 0 radical (unpaired) electrons. The molecule has 2 rings (SSSR count). The Morgan fingerprint density at radius 2 is 1.89 bits per heavy atom. The summed E-state index contributed by atoms with van der Waals surface area (Å²) in [5.41, 5.74) is 0.898. The molecule has 0 saturated carbocycles. The van der Waals surface area contributed by atoms with Crippen molar-refractivity contribution in [3.8, 4) is 0 Å². The number of aliphatic hydroxyl groups is 1. The molecule has 1 amide bonds. The number of ether oxygens (including phenoxy) is 4. The molecule has 1 aliphatic rings. The summed E-state index contributed by atoms with van der Waals surface area (Å²) in [5, 5.41) is 12.2. The quantitative estimate of drug-likeness (QED) is 0.276. The van der Waals surface area contributed by atoms with Crippen LogP contribution in [0.15, 0.2) is 30.3 Å². The van der Waals surface area contributed by atoms with Crippen LogP contribution in [0.3, 0.4) is 0 Å². The first-order chi connectivity index (χ1) is 16.1. The van der Waals surface area contributed by atoms with Gasteiger partial charge in [-0.1, -0.05) is 79.0 Å². The van der Waals surface area contributed by atoms with Gasteiger partial charge in [-0.25, -0.2) is 4.79 Å². The van der Waals surface area contributed by atoms with E-state index in [1.165, 1.54) is 0 Å². The van der Waals surface area contributed by atoms with Gasteiger partial charge in [0.05, 0.1) is 31.5 Å². The third-order valence-electron chi connectivity index (χ3n) is 6.38.